The third kappa shape index (κ3) is 13.5. The maximum atomic E-state index is 12.2. The van der Waals surface area contributed by atoms with E-state index < -0.39 is 28.0 Å². The molecule has 2 atom stereocenters. The standard InChI is InChI=1S/C32H51ClO4Si2/c1-8-26(2)31(33)32(34)36-30-22-18-28(19-23-30)27-16-20-29(21-17-27)35-24-14-12-10-9-11-13-15-25-39(6,7)37-38(3,4)5/h16-23,26,31H,8-15,24-25H2,1-7H3. The Morgan fingerprint density at radius 2 is 1.26 bits per heavy atom. The van der Waals surface area contributed by atoms with E-state index in [1.54, 1.807) is 0 Å². The van der Waals surface area contributed by atoms with E-state index in [2.05, 4.69) is 44.9 Å². The Balaban J connectivity index is 1.61. The summed E-state index contributed by atoms with van der Waals surface area (Å²) >= 11 is 6.20. The fraction of sp³-hybridized carbons (Fsp3) is 0.594. The van der Waals surface area contributed by atoms with Crippen LogP contribution in [0.15, 0.2) is 48.5 Å². The van der Waals surface area contributed by atoms with E-state index in [4.69, 9.17) is 25.2 Å². The van der Waals surface area contributed by atoms with Crippen LogP contribution in [0.1, 0.15) is 65.2 Å². The van der Waals surface area contributed by atoms with E-state index >= 15 is 0 Å². The Labute approximate surface area is 245 Å². The molecule has 0 N–H and O–H groups in total. The second-order valence-electron chi connectivity index (χ2n) is 12.3. The molecular formula is C32H51ClO4Si2. The lowest BCUT2D eigenvalue weighted by atomic mass is 10.0. The van der Waals surface area contributed by atoms with E-state index in [1.807, 2.05) is 50.2 Å². The molecule has 0 amide bonds. The highest BCUT2D eigenvalue weighted by molar-refractivity contribution is 6.84. The van der Waals surface area contributed by atoms with Crippen LogP contribution >= 0.6 is 11.6 Å². The van der Waals surface area contributed by atoms with Gasteiger partial charge < -0.3 is 13.6 Å². The maximum absolute atomic E-state index is 12.2. The third-order valence-corrected chi connectivity index (χ3v) is 13.7. The monoisotopic (exact) mass is 590 g/mol. The first kappa shape index (κ1) is 33.6. The lowest BCUT2D eigenvalue weighted by molar-refractivity contribution is -0.134. The molecule has 2 aromatic carbocycles. The fourth-order valence-corrected chi connectivity index (χ4v) is 13.0. The molecule has 0 aliphatic carbocycles. The van der Waals surface area contributed by atoms with Crippen molar-refractivity contribution < 1.29 is 18.4 Å². The molecule has 4 nitrogen and oxygen atoms in total. The first-order valence-corrected chi connectivity index (χ1v) is 21.8. The molecule has 39 heavy (non-hydrogen) atoms. The quantitative estimate of drug-likeness (QED) is 0.0569. The van der Waals surface area contributed by atoms with Crippen molar-refractivity contribution in [2.24, 2.45) is 5.92 Å². The number of unbranched alkanes of at least 4 members (excludes halogenated alkanes) is 6. The minimum Gasteiger partial charge on any atom is -0.494 e. The summed E-state index contributed by atoms with van der Waals surface area (Å²) in [6.45, 7) is 16.4. The summed E-state index contributed by atoms with van der Waals surface area (Å²) in [4.78, 5) is 12.2. The van der Waals surface area contributed by atoms with Gasteiger partial charge in [-0.15, -0.1) is 11.6 Å². The Bertz CT molecular complexity index is 971. The van der Waals surface area contributed by atoms with Gasteiger partial charge >= 0.3 is 5.97 Å². The van der Waals surface area contributed by atoms with Gasteiger partial charge in [-0.1, -0.05) is 83.1 Å². The number of carbonyl (C=O) groups is 1. The van der Waals surface area contributed by atoms with Gasteiger partial charge in [-0.3, -0.25) is 4.79 Å². The van der Waals surface area contributed by atoms with Gasteiger partial charge in [-0.2, -0.15) is 0 Å². The number of alkyl halides is 1. The molecule has 0 aliphatic rings. The van der Waals surface area contributed by atoms with Gasteiger partial charge in [0.25, 0.3) is 0 Å². The molecule has 7 heteroatoms. The zero-order valence-electron chi connectivity index (χ0n) is 25.4. The van der Waals surface area contributed by atoms with Gasteiger partial charge in [0.15, 0.2) is 16.6 Å². The molecule has 0 bridgehead atoms. The van der Waals surface area contributed by atoms with Crippen LogP contribution in [0.3, 0.4) is 0 Å². The smallest absolute Gasteiger partial charge is 0.329 e. The zero-order valence-corrected chi connectivity index (χ0v) is 28.1. The van der Waals surface area contributed by atoms with E-state index in [9.17, 15) is 4.79 Å². The molecule has 2 unspecified atom stereocenters. The van der Waals surface area contributed by atoms with Crippen molar-refractivity contribution in [2.45, 2.75) is 109 Å². The van der Waals surface area contributed by atoms with Crippen LogP contribution in [0.5, 0.6) is 11.5 Å². The molecule has 0 spiro atoms. The molecule has 218 valence electrons. The van der Waals surface area contributed by atoms with Crippen molar-refractivity contribution in [3.8, 4) is 22.6 Å². The molecule has 2 aromatic rings. The highest BCUT2D eigenvalue weighted by atomic mass is 35.5. The van der Waals surface area contributed by atoms with Gasteiger partial charge in [0.05, 0.1) is 6.61 Å². The number of esters is 1. The van der Waals surface area contributed by atoms with Gasteiger partial charge in [-0.05, 0) is 86.5 Å². The van der Waals surface area contributed by atoms with Crippen LogP contribution in [-0.4, -0.2) is 34.6 Å². The minimum absolute atomic E-state index is 0.0775. The summed E-state index contributed by atoms with van der Waals surface area (Å²) in [7, 11) is -2.88. The van der Waals surface area contributed by atoms with E-state index in [-0.39, 0.29) is 5.92 Å². The zero-order chi connectivity index (χ0) is 28.9. The molecule has 0 heterocycles. The van der Waals surface area contributed by atoms with Gasteiger partial charge in [0.2, 0.25) is 0 Å². The maximum Gasteiger partial charge on any atom is 0.329 e. The summed E-state index contributed by atoms with van der Waals surface area (Å²) in [5, 5.41) is -0.633. The molecular weight excluding hydrogens is 540 g/mol. The highest BCUT2D eigenvalue weighted by Gasteiger charge is 2.28. The summed E-state index contributed by atoms with van der Waals surface area (Å²) in [5.41, 5.74) is 2.15. The van der Waals surface area contributed by atoms with Gasteiger partial charge in [0, 0.05) is 0 Å². The number of hydrogen-bond acceptors (Lipinski definition) is 4. The minimum atomic E-state index is -1.47. The summed E-state index contributed by atoms with van der Waals surface area (Å²) in [6, 6.07) is 17.0. The number of carbonyl (C=O) groups excluding carboxylic acids is 1. The fourth-order valence-electron chi connectivity index (χ4n) is 4.68. The van der Waals surface area contributed by atoms with Crippen molar-refractivity contribution in [2.75, 3.05) is 6.61 Å². The number of rotatable bonds is 18. The molecule has 0 radical (unpaired) electrons. The lowest BCUT2D eigenvalue weighted by Crippen LogP contribution is -2.42. The molecule has 2 rings (SSSR count). The predicted octanol–water partition coefficient (Wildman–Crippen LogP) is 10.1. The summed E-state index contributed by atoms with van der Waals surface area (Å²) in [5.74, 6) is 1.09. The van der Waals surface area contributed by atoms with Crippen LogP contribution in [0.25, 0.3) is 11.1 Å². The van der Waals surface area contributed by atoms with Crippen molar-refractivity contribution >= 4 is 34.2 Å². The lowest BCUT2D eigenvalue weighted by Gasteiger charge is -2.31. The van der Waals surface area contributed by atoms with Crippen LogP contribution in [0.4, 0.5) is 0 Å². The van der Waals surface area contributed by atoms with E-state index in [0.29, 0.717) is 5.75 Å². The average molecular weight is 591 g/mol. The largest absolute Gasteiger partial charge is 0.494 e. The van der Waals surface area contributed by atoms with Crippen molar-refractivity contribution in [1.29, 1.82) is 0 Å². The van der Waals surface area contributed by atoms with Gasteiger partial charge in [0.1, 0.15) is 16.9 Å². The van der Waals surface area contributed by atoms with Crippen LogP contribution in [-0.2, 0) is 8.91 Å². The van der Waals surface area contributed by atoms with Crippen molar-refractivity contribution in [3.63, 3.8) is 0 Å². The Hall–Kier alpha value is -1.61. The number of halogens is 1. The molecule has 0 aromatic heterocycles. The number of ether oxygens (including phenoxy) is 2. The van der Waals surface area contributed by atoms with E-state index in [0.717, 1.165) is 36.3 Å². The van der Waals surface area contributed by atoms with E-state index in [1.165, 1.54) is 44.6 Å². The molecule has 0 saturated heterocycles. The number of benzene rings is 2. The average Bonchev–Trinajstić information content (AvgIpc) is 2.88. The Kier molecular flexibility index (Phi) is 14.3. The molecule has 0 fully saturated rings. The second-order valence-corrected chi connectivity index (χ2v) is 21.8. The predicted molar refractivity (Wildman–Crippen MR) is 171 cm³/mol. The Morgan fingerprint density at radius 3 is 1.77 bits per heavy atom. The first-order valence-electron chi connectivity index (χ1n) is 14.8. The first-order chi connectivity index (χ1) is 18.4. The summed E-state index contributed by atoms with van der Waals surface area (Å²) < 4.78 is 17.8. The highest BCUT2D eigenvalue weighted by Crippen LogP contribution is 2.26. The third-order valence-electron chi connectivity index (χ3n) is 6.90. The summed E-state index contributed by atoms with van der Waals surface area (Å²) in [6.07, 6.45) is 9.70. The normalized spacial score (nSPS) is 13.6. The number of hydrogen-bond donors (Lipinski definition) is 0. The van der Waals surface area contributed by atoms with Crippen molar-refractivity contribution in [1.82, 2.24) is 0 Å². The van der Waals surface area contributed by atoms with Crippen LogP contribution in [0, 0.1) is 5.92 Å². The van der Waals surface area contributed by atoms with Gasteiger partial charge in [-0.25, -0.2) is 0 Å². The van der Waals surface area contributed by atoms with Crippen molar-refractivity contribution in [3.05, 3.63) is 48.5 Å². The molecule has 0 aliphatic heterocycles. The SMILES string of the molecule is CCC(C)C(Cl)C(=O)Oc1ccc(-c2ccc(OCCCCCCCCC[Si](C)(C)O[Si](C)(C)C)cc2)cc1. The Morgan fingerprint density at radius 1 is 0.769 bits per heavy atom. The topological polar surface area (TPSA) is 44.8 Å². The molecule has 0 saturated carbocycles. The second kappa shape index (κ2) is 16.6. The van der Waals surface area contributed by atoms with Crippen LogP contribution < -0.4 is 9.47 Å². The van der Waals surface area contributed by atoms with Crippen LogP contribution in [0.2, 0.25) is 38.8 Å².